The van der Waals surface area contributed by atoms with E-state index >= 15 is 0 Å². The van der Waals surface area contributed by atoms with Crippen LogP contribution in [0.3, 0.4) is 0 Å². The first kappa shape index (κ1) is 19.2. The van der Waals surface area contributed by atoms with Crippen LogP contribution in [0.15, 0.2) is 42.5 Å². The summed E-state index contributed by atoms with van der Waals surface area (Å²) in [7, 11) is 0. The molecule has 0 bridgehead atoms. The van der Waals surface area contributed by atoms with Crippen LogP contribution in [-0.4, -0.2) is 24.3 Å². The summed E-state index contributed by atoms with van der Waals surface area (Å²) in [5.74, 6) is -0.717. The lowest BCUT2D eigenvalue weighted by Crippen LogP contribution is -2.37. The number of nitrogens with one attached hydrogen (secondary N) is 2. The zero-order valence-corrected chi connectivity index (χ0v) is 15.4. The molecule has 26 heavy (non-hydrogen) atoms. The molecule has 0 radical (unpaired) electrons. The molecule has 0 saturated carbocycles. The molecule has 0 aliphatic carbocycles. The van der Waals surface area contributed by atoms with Crippen molar-refractivity contribution in [2.75, 3.05) is 22.1 Å². The Kier molecular flexibility index (Phi) is 6.11. The van der Waals surface area contributed by atoms with Crippen molar-refractivity contribution in [3.63, 3.8) is 0 Å². The summed E-state index contributed by atoms with van der Waals surface area (Å²) < 4.78 is 0. The average Bonchev–Trinajstić information content (AvgIpc) is 2.52. The van der Waals surface area contributed by atoms with Crippen molar-refractivity contribution in [1.82, 2.24) is 0 Å². The van der Waals surface area contributed by atoms with Crippen LogP contribution in [0, 0.1) is 13.8 Å². The van der Waals surface area contributed by atoms with E-state index < -0.39 is 0 Å². The number of benzene rings is 2. The van der Waals surface area contributed by atoms with Gasteiger partial charge in [-0.1, -0.05) is 23.8 Å². The summed E-state index contributed by atoms with van der Waals surface area (Å²) in [6.07, 6.45) is 0. The molecule has 0 fully saturated rings. The fraction of sp³-hybridized carbons (Fsp3) is 0.250. The minimum Gasteiger partial charge on any atom is -0.326 e. The van der Waals surface area contributed by atoms with Crippen LogP contribution >= 0.6 is 0 Å². The number of rotatable bonds is 5. The van der Waals surface area contributed by atoms with Crippen molar-refractivity contribution in [2.45, 2.75) is 27.7 Å². The molecule has 6 nitrogen and oxygen atoms in total. The van der Waals surface area contributed by atoms with Gasteiger partial charge in [-0.15, -0.1) is 0 Å². The van der Waals surface area contributed by atoms with Crippen LogP contribution in [0.4, 0.5) is 17.1 Å². The maximum Gasteiger partial charge on any atom is 0.244 e. The van der Waals surface area contributed by atoms with E-state index in [0.29, 0.717) is 17.1 Å². The van der Waals surface area contributed by atoms with Crippen LogP contribution in [0.25, 0.3) is 0 Å². The Balaban J connectivity index is 2.13. The molecule has 0 heterocycles. The number of hydrogen-bond donors (Lipinski definition) is 2. The van der Waals surface area contributed by atoms with Crippen molar-refractivity contribution in [2.24, 2.45) is 0 Å². The van der Waals surface area contributed by atoms with E-state index in [-0.39, 0.29) is 24.3 Å². The molecule has 3 amide bonds. The number of hydrogen-bond acceptors (Lipinski definition) is 3. The van der Waals surface area contributed by atoms with Gasteiger partial charge in [-0.25, -0.2) is 0 Å². The smallest absolute Gasteiger partial charge is 0.244 e. The van der Waals surface area contributed by atoms with Gasteiger partial charge in [0.1, 0.15) is 6.54 Å². The molecule has 2 N–H and O–H groups in total. The van der Waals surface area contributed by atoms with Crippen LogP contribution in [0.2, 0.25) is 0 Å². The van der Waals surface area contributed by atoms with Crippen LogP contribution in [0.1, 0.15) is 25.0 Å². The van der Waals surface area contributed by atoms with E-state index in [1.165, 1.54) is 18.7 Å². The number of carbonyl (C=O) groups is 3. The Morgan fingerprint density at radius 1 is 0.923 bits per heavy atom. The third-order valence-electron chi connectivity index (χ3n) is 3.79. The highest BCUT2D eigenvalue weighted by Crippen LogP contribution is 2.22. The lowest BCUT2D eigenvalue weighted by Gasteiger charge is -2.23. The van der Waals surface area contributed by atoms with Gasteiger partial charge in [-0.3, -0.25) is 14.4 Å². The van der Waals surface area contributed by atoms with Gasteiger partial charge in [0.05, 0.1) is 0 Å². The van der Waals surface area contributed by atoms with E-state index in [1.807, 2.05) is 32.0 Å². The van der Waals surface area contributed by atoms with Crippen molar-refractivity contribution in [3.05, 3.63) is 53.6 Å². The Bertz CT molecular complexity index is 846. The third kappa shape index (κ3) is 5.17. The first-order valence-electron chi connectivity index (χ1n) is 8.29. The van der Waals surface area contributed by atoms with Gasteiger partial charge in [0.15, 0.2) is 0 Å². The molecule has 0 spiro atoms. The predicted octanol–water partition coefficient (Wildman–Crippen LogP) is 3.25. The van der Waals surface area contributed by atoms with Gasteiger partial charge in [-0.05, 0) is 43.7 Å². The van der Waals surface area contributed by atoms with Crippen LogP contribution < -0.4 is 15.5 Å². The summed E-state index contributed by atoms with van der Waals surface area (Å²) in [4.78, 5) is 37.0. The minimum absolute atomic E-state index is 0.0937. The highest BCUT2D eigenvalue weighted by molar-refractivity contribution is 6.02. The van der Waals surface area contributed by atoms with E-state index in [4.69, 9.17) is 0 Å². The highest BCUT2D eigenvalue weighted by atomic mass is 16.2. The Labute approximate surface area is 153 Å². The molecule has 2 aromatic rings. The lowest BCUT2D eigenvalue weighted by molar-refractivity contribution is -0.120. The first-order valence-corrected chi connectivity index (χ1v) is 8.29. The highest BCUT2D eigenvalue weighted by Gasteiger charge is 2.17. The van der Waals surface area contributed by atoms with Crippen molar-refractivity contribution < 1.29 is 14.4 Å². The first-order chi connectivity index (χ1) is 12.3. The number of aryl methyl sites for hydroxylation is 2. The van der Waals surface area contributed by atoms with Gasteiger partial charge in [0.2, 0.25) is 17.7 Å². The monoisotopic (exact) mass is 353 g/mol. The molecule has 2 rings (SSSR count). The Hall–Kier alpha value is -3.15. The van der Waals surface area contributed by atoms with Crippen molar-refractivity contribution in [1.29, 1.82) is 0 Å². The van der Waals surface area contributed by atoms with Crippen molar-refractivity contribution >= 4 is 34.8 Å². The molecule has 0 aliphatic heterocycles. The van der Waals surface area contributed by atoms with E-state index in [0.717, 1.165) is 11.1 Å². The second-order valence-corrected chi connectivity index (χ2v) is 6.21. The molecule has 6 heteroatoms. The predicted molar refractivity (Wildman–Crippen MR) is 103 cm³/mol. The summed E-state index contributed by atoms with van der Waals surface area (Å²) in [5, 5.41) is 5.42. The van der Waals surface area contributed by atoms with Crippen LogP contribution in [0.5, 0.6) is 0 Å². The minimum atomic E-state index is -0.319. The maximum atomic E-state index is 12.4. The molecular weight excluding hydrogens is 330 g/mol. The Morgan fingerprint density at radius 2 is 1.58 bits per heavy atom. The topological polar surface area (TPSA) is 78.5 Å². The molecule has 2 aromatic carbocycles. The molecule has 0 aliphatic rings. The molecule has 0 atom stereocenters. The zero-order chi connectivity index (χ0) is 19.3. The SMILES string of the molecule is CC(=O)Nc1cccc(NC(=O)CN(C(C)=O)c2ccc(C)cc2C)c1. The second kappa shape index (κ2) is 8.29. The van der Waals surface area contributed by atoms with Crippen molar-refractivity contribution in [3.8, 4) is 0 Å². The summed E-state index contributed by atoms with van der Waals surface area (Å²) in [6.45, 7) is 6.64. The van der Waals surface area contributed by atoms with E-state index in [9.17, 15) is 14.4 Å². The normalized spacial score (nSPS) is 10.2. The zero-order valence-electron chi connectivity index (χ0n) is 15.4. The fourth-order valence-electron chi connectivity index (χ4n) is 2.70. The standard InChI is InChI=1S/C20H23N3O3/c1-13-8-9-19(14(2)10-13)23(16(4)25)12-20(26)22-18-7-5-6-17(11-18)21-15(3)24/h5-11H,12H2,1-4H3,(H,21,24)(H,22,26). The number of carbonyl (C=O) groups excluding carboxylic acids is 3. The number of nitrogens with zero attached hydrogens (tertiary/aromatic N) is 1. The molecule has 136 valence electrons. The quantitative estimate of drug-likeness (QED) is 0.866. The molecular formula is C20H23N3O3. The Morgan fingerprint density at radius 3 is 2.15 bits per heavy atom. The fourth-order valence-corrected chi connectivity index (χ4v) is 2.70. The summed E-state index contributed by atoms with van der Waals surface area (Å²) in [5.41, 5.74) is 3.87. The van der Waals surface area contributed by atoms with Gasteiger partial charge in [-0.2, -0.15) is 0 Å². The molecule has 0 unspecified atom stereocenters. The summed E-state index contributed by atoms with van der Waals surface area (Å²) in [6, 6.07) is 12.6. The maximum absolute atomic E-state index is 12.4. The molecule has 0 saturated heterocycles. The number of anilines is 3. The summed E-state index contributed by atoms with van der Waals surface area (Å²) >= 11 is 0. The van der Waals surface area contributed by atoms with Gasteiger partial charge < -0.3 is 15.5 Å². The lowest BCUT2D eigenvalue weighted by atomic mass is 10.1. The van der Waals surface area contributed by atoms with Crippen LogP contribution in [-0.2, 0) is 14.4 Å². The van der Waals surface area contributed by atoms with Gasteiger partial charge in [0.25, 0.3) is 0 Å². The largest absolute Gasteiger partial charge is 0.326 e. The van der Waals surface area contributed by atoms with Gasteiger partial charge >= 0.3 is 0 Å². The second-order valence-electron chi connectivity index (χ2n) is 6.21. The van der Waals surface area contributed by atoms with Gasteiger partial charge in [0, 0.05) is 30.9 Å². The average molecular weight is 353 g/mol. The van der Waals surface area contributed by atoms with E-state index in [2.05, 4.69) is 10.6 Å². The van der Waals surface area contributed by atoms with E-state index in [1.54, 1.807) is 24.3 Å². The molecule has 0 aromatic heterocycles. The number of amides is 3. The third-order valence-corrected chi connectivity index (χ3v) is 3.79.